The van der Waals surface area contributed by atoms with Gasteiger partial charge in [-0.2, -0.15) is 4.31 Å². The second kappa shape index (κ2) is 6.10. The zero-order valence-electron chi connectivity index (χ0n) is 14.7. The molecule has 2 aromatic carbocycles. The van der Waals surface area contributed by atoms with E-state index in [0.717, 1.165) is 24.0 Å². The lowest BCUT2D eigenvalue weighted by Gasteiger charge is -2.25. The highest BCUT2D eigenvalue weighted by Gasteiger charge is 2.37. The number of sulfonamides is 1. The standard InChI is InChI=1S/C19H20N2O4S/c1-13-6-3-4-7-15(13)16-8-5-11-21(16)26(23,24)14-9-10-17-18(12-14)25-19(22)20(17)2/h3-4,6-7,9-10,12,16H,5,8,11H2,1-2H3/t16-/m0/s1. The van der Waals surface area contributed by atoms with Gasteiger partial charge in [0.1, 0.15) is 0 Å². The maximum atomic E-state index is 13.3. The molecule has 0 aliphatic carbocycles. The molecule has 136 valence electrons. The van der Waals surface area contributed by atoms with E-state index in [1.165, 1.54) is 10.6 Å². The fraction of sp³-hybridized carbons (Fsp3) is 0.316. The monoisotopic (exact) mass is 372 g/mol. The van der Waals surface area contributed by atoms with E-state index in [9.17, 15) is 13.2 Å². The molecule has 1 fully saturated rings. The normalized spacial score (nSPS) is 18.6. The van der Waals surface area contributed by atoms with Gasteiger partial charge in [-0.1, -0.05) is 24.3 Å². The molecule has 1 atom stereocenters. The highest BCUT2D eigenvalue weighted by atomic mass is 32.2. The summed E-state index contributed by atoms with van der Waals surface area (Å²) < 4.78 is 34.6. The van der Waals surface area contributed by atoms with Crippen molar-refractivity contribution in [3.8, 4) is 0 Å². The van der Waals surface area contributed by atoms with Gasteiger partial charge >= 0.3 is 5.76 Å². The molecule has 26 heavy (non-hydrogen) atoms. The van der Waals surface area contributed by atoms with Crippen molar-refractivity contribution < 1.29 is 12.8 Å². The smallest absolute Gasteiger partial charge is 0.408 e. The predicted octanol–water partition coefficient (Wildman–Crippen LogP) is 2.97. The summed E-state index contributed by atoms with van der Waals surface area (Å²) in [7, 11) is -2.09. The van der Waals surface area contributed by atoms with Crippen molar-refractivity contribution in [3.63, 3.8) is 0 Å². The van der Waals surface area contributed by atoms with Crippen molar-refractivity contribution in [3.05, 3.63) is 64.1 Å². The van der Waals surface area contributed by atoms with Gasteiger partial charge in [-0.05, 0) is 43.0 Å². The lowest BCUT2D eigenvalue weighted by Crippen LogP contribution is -2.31. The number of hydrogen-bond donors (Lipinski definition) is 0. The van der Waals surface area contributed by atoms with E-state index in [4.69, 9.17) is 4.42 Å². The lowest BCUT2D eigenvalue weighted by molar-refractivity contribution is 0.395. The van der Waals surface area contributed by atoms with Gasteiger partial charge in [-0.15, -0.1) is 0 Å². The summed E-state index contributed by atoms with van der Waals surface area (Å²) in [6.07, 6.45) is 1.62. The van der Waals surface area contributed by atoms with E-state index in [0.29, 0.717) is 12.1 Å². The van der Waals surface area contributed by atoms with E-state index in [1.807, 2.05) is 31.2 Å². The van der Waals surface area contributed by atoms with Crippen LogP contribution in [0.15, 0.2) is 56.6 Å². The summed E-state index contributed by atoms with van der Waals surface area (Å²) in [4.78, 5) is 11.8. The van der Waals surface area contributed by atoms with E-state index in [1.54, 1.807) is 23.5 Å². The minimum atomic E-state index is -3.69. The molecule has 4 rings (SSSR count). The molecule has 6 nitrogen and oxygen atoms in total. The molecule has 0 spiro atoms. The Balaban J connectivity index is 1.78. The molecule has 3 aromatic rings. The number of aryl methyl sites for hydroxylation is 2. The van der Waals surface area contributed by atoms with E-state index in [2.05, 4.69) is 0 Å². The molecule has 7 heteroatoms. The first kappa shape index (κ1) is 17.1. The summed E-state index contributed by atoms with van der Waals surface area (Å²) in [5, 5.41) is 0. The molecular formula is C19H20N2O4S. The Morgan fingerprint density at radius 3 is 2.69 bits per heavy atom. The second-order valence-electron chi connectivity index (χ2n) is 6.69. The number of oxazole rings is 1. The Kier molecular flexibility index (Phi) is 4.00. The fourth-order valence-corrected chi connectivity index (χ4v) is 5.40. The predicted molar refractivity (Wildman–Crippen MR) is 98.5 cm³/mol. The zero-order chi connectivity index (χ0) is 18.5. The van der Waals surface area contributed by atoms with Crippen LogP contribution < -0.4 is 5.76 Å². The average molecular weight is 372 g/mol. The van der Waals surface area contributed by atoms with Gasteiger partial charge in [0.2, 0.25) is 10.0 Å². The highest BCUT2D eigenvalue weighted by molar-refractivity contribution is 7.89. The van der Waals surface area contributed by atoms with Crippen LogP contribution in [0.25, 0.3) is 11.1 Å². The summed E-state index contributed by atoms with van der Waals surface area (Å²) >= 11 is 0. The molecule has 1 aromatic heterocycles. The van der Waals surface area contributed by atoms with Crippen molar-refractivity contribution in [1.29, 1.82) is 0 Å². The van der Waals surface area contributed by atoms with Crippen molar-refractivity contribution in [1.82, 2.24) is 8.87 Å². The first-order valence-corrected chi connectivity index (χ1v) is 10.0. The first-order chi connectivity index (χ1) is 12.4. The van der Waals surface area contributed by atoms with Crippen molar-refractivity contribution in [2.75, 3.05) is 6.54 Å². The van der Waals surface area contributed by atoms with Crippen LogP contribution in [0, 0.1) is 6.92 Å². The fourth-order valence-electron chi connectivity index (χ4n) is 3.71. The van der Waals surface area contributed by atoms with Crippen molar-refractivity contribution in [2.24, 2.45) is 7.05 Å². The van der Waals surface area contributed by atoms with Gasteiger partial charge < -0.3 is 4.42 Å². The summed E-state index contributed by atoms with van der Waals surface area (Å²) in [6, 6.07) is 12.3. The number of rotatable bonds is 3. The average Bonchev–Trinajstić information content (AvgIpc) is 3.21. The van der Waals surface area contributed by atoms with Crippen LogP contribution in [0.1, 0.15) is 30.0 Å². The molecule has 0 unspecified atom stereocenters. The maximum absolute atomic E-state index is 13.3. The van der Waals surface area contributed by atoms with Gasteiger partial charge in [-0.3, -0.25) is 4.57 Å². The first-order valence-electron chi connectivity index (χ1n) is 8.56. The van der Waals surface area contributed by atoms with Gasteiger partial charge in [0.05, 0.1) is 16.5 Å². The third-order valence-electron chi connectivity index (χ3n) is 5.12. The third kappa shape index (κ3) is 2.59. The Bertz CT molecular complexity index is 1140. The quantitative estimate of drug-likeness (QED) is 0.709. The lowest BCUT2D eigenvalue weighted by atomic mass is 10.0. The Labute approximate surface area is 151 Å². The van der Waals surface area contributed by atoms with Crippen LogP contribution in [0.5, 0.6) is 0 Å². The van der Waals surface area contributed by atoms with Crippen LogP contribution in [-0.2, 0) is 17.1 Å². The molecule has 0 N–H and O–H groups in total. The van der Waals surface area contributed by atoms with Crippen LogP contribution >= 0.6 is 0 Å². The number of fused-ring (bicyclic) bond motifs is 1. The van der Waals surface area contributed by atoms with Gasteiger partial charge in [0.25, 0.3) is 0 Å². The molecule has 2 heterocycles. The van der Waals surface area contributed by atoms with Crippen LogP contribution in [-0.4, -0.2) is 23.8 Å². The Morgan fingerprint density at radius 2 is 1.92 bits per heavy atom. The number of hydrogen-bond acceptors (Lipinski definition) is 4. The zero-order valence-corrected chi connectivity index (χ0v) is 15.5. The van der Waals surface area contributed by atoms with Gasteiger partial charge in [0, 0.05) is 19.7 Å². The van der Waals surface area contributed by atoms with E-state index in [-0.39, 0.29) is 16.5 Å². The van der Waals surface area contributed by atoms with Crippen molar-refractivity contribution >= 4 is 21.1 Å². The molecule has 0 bridgehead atoms. The van der Waals surface area contributed by atoms with Gasteiger partial charge in [-0.25, -0.2) is 13.2 Å². The molecule has 0 radical (unpaired) electrons. The third-order valence-corrected chi connectivity index (χ3v) is 7.03. The summed E-state index contributed by atoms with van der Waals surface area (Å²) in [5.41, 5.74) is 2.99. The minimum absolute atomic E-state index is 0.153. The molecular weight excluding hydrogens is 352 g/mol. The summed E-state index contributed by atoms with van der Waals surface area (Å²) in [5.74, 6) is -0.506. The molecule has 0 amide bonds. The summed E-state index contributed by atoms with van der Waals surface area (Å²) in [6.45, 7) is 2.49. The molecule has 1 aliphatic rings. The Morgan fingerprint density at radius 1 is 1.15 bits per heavy atom. The minimum Gasteiger partial charge on any atom is -0.408 e. The van der Waals surface area contributed by atoms with E-state index >= 15 is 0 Å². The topological polar surface area (TPSA) is 72.5 Å². The number of aromatic nitrogens is 1. The number of benzene rings is 2. The largest absolute Gasteiger partial charge is 0.419 e. The maximum Gasteiger partial charge on any atom is 0.419 e. The highest BCUT2D eigenvalue weighted by Crippen LogP contribution is 2.38. The van der Waals surface area contributed by atoms with Crippen LogP contribution in [0.2, 0.25) is 0 Å². The van der Waals surface area contributed by atoms with Crippen molar-refractivity contribution in [2.45, 2.75) is 30.7 Å². The van der Waals surface area contributed by atoms with Crippen LogP contribution in [0.4, 0.5) is 0 Å². The molecule has 1 aliphatic heterocycles. The SMILES string of the molecule is Cc1ccccc1[C@@H]1CCCN1S(=O)(=O)c1ccc2c(c1)oc(=O)n2C. The molecule has 1 saturated heterocycles. The van der Waals surface area contributed by atoms with Crippen LogP contribution in [0.3, 0.4) is 0 Å². The Hall–Kier alpha value is -2.38. The van der Waals surface area contributed by atoms with E-state index < -0.39 is 15.8 Å². The van der Waals surface area contributed by atoms with Gasteiger partial charge in [0.15, 0.2) is 5.58 Å². The number of nitrogens with zero attached hydrogens (tertiary/aromatic N) is 2. The molecule has 0 saturated carbocycles. The second-order valence-corrected chi connectivity index (χ2v) is 8.58.